The first-order valence-corrected chi connectivity index (χ1v) is 8.37. The number of ketones is 1. The van der Waals surface area contributed by atoms with Crippen LogP contribution in [-0.4, -0.2) is 20.7 Å². The first-order chi connectivity index (χ1) is 12.5. The molecule has 0 aliphatic heterocycles. The van der Waals surface area contributed by atoms with Crippen LogP contribution in [0.1, 0.15) is 22.8 Å². The molecular formula is C19H17FN4OS. The van der Waals surface area contributed by atoms with Crippen molar-refractivity contribution in [2.45, 2.75) is 13.5 Å². The predicted molar refractivity (Wildman–Crippen MR) is 104 cm³/mol. The van der Waals surface area contributed by atoms with E-state index in [2.05, 4.69) is 15.7 Å². The van der Waals surface area contributed by atoms with Crippen molar-refractivity contribution < 1.29 is 9.18 Å². The molecule has 0 unspecified atom stereocenters. The fourth-order valence-corrected chi connectivity index (χ4v) is 2.58. The number of carbonyl (C=O) groups excluding carboxylic acids is 1. The van der Waals surface area contributed by atoms with Crippen LogP contribution in [0, 0.1) is 5.82 Å². The lowest BCUT2D eigenvalue weighted by molar-refractivity contribution is 0.101. The van der Waals surface area contributed by atoms with Gasteiger partial charge in [-0.15, -0.1) is 0 Å². The lowest BCUT2D eigenvalue weighted by Gasteiger charge is -2.09. The van der Waals surface area contributed by atoms with Crippen LogP contribution in [0.3, 0.4) is 0 Å². The Balaban J connectivity index is 1.57. The lowest BCUT2D eigenvalue weighted by atomic mass is 10.1. The number of hydrogen-bond donors (Lipinski definition) is 2. The second-order valence-corrected chi connectivity index (χ2v) is 6.15. The highest BCUT2D eigenvalue weighted by Gasteiger charge is 2.04. The van der Waals surface area contributed by atoms with Crippen molar-refractivity contribution in [1.29, 1.82) is 0 Å². The molecule has 0 bridgehead atoms. The van der Waals surface area contributed by atoms with E-state index in [0.29, 0.717) is 23.0 Å². The Bertz CT molecular complexity index is 919. The molecule has 1 heterocycles. The van der Waals surface area contributed by atoms with E-state index in [4.69, 9.17) is 12.2 Å². The number of rotatable bonds is 5. The molecule has 3 aromatic rings. The molecule has 0 aliphatic rings. The Labute approximate surface area is 155 Å². The zero-order valence-corrected chi connectivity index (χ0v) is 14.9. The summed E-state index contributed by atoms with van der Waals surface area (Å²) in [6.07, 6.45) is 1.82. The molecule has 0 saturated heterocycles. The molecule has 0 aliphatic carbocycles. The molecule has 0 saturated carbocycles. The number of aromatic nitrogens is 2. The first kappa shape index (κ1) is 17.8. The van der Waals surface area contributed by atoms with Crippen molar-refractivity contribution in [3.63, 3.8) is 0 Å². The summed E-state index contributed by atoms with van der Waals surface area (Å²) in [4.78, 5) is 11.3. The first-order valence-electron chi connectivity index (χ1n) is 7.96. The summed E-state index contributed by atoms with van der Waals surface area (Å²) in [7, 11) is 0. The molecule has 132 valence electrons. The molecule has 3 rings (SSSR count). The maximum absolute atomic E-state index is 12.9. The van der Waals surface area contributed by atoms with E-state index in [1.54, 1.807) is 47.1 Å². The van der Waals surface area contributed by atoms with Crippen LogP contribution < -0.4 is 10.6 Å². The second-order valence-electron chi connectivity index (χ2n) is 5.74. The fourth-order valence-electron chi connectivity index (χ4n) is 2.36. The van der Waals surface area contributed by atoms with Gasteiger partial charge in [-0.05, 0) is 61.1 Å². The minimum absolute atomic E-state index is 0.0175. The van der Waals surface area contributed by atoms with Crippen molar-refractivity contribution in [3.8, 4) is 0 Å². The average Bonchev–Trinajstić information content (AvgIpc) is 3.04. The summed E-state index contributed by atoms with van der Waals surface area (Å²) in [5.41, 5.74) is 2.37. The van der Waals surface area contributed by atoms with Gasteiger partial charge in [0.05, 0.1) is 6.54 Å². The highest BCUT2D eigenvalue weighted by atomic mass is 32.1. The van der Waals surface area contributed by atoms with Crippen LogP contribution in [0.15, 0.2) is 60.8 Å². The SMILES string of the molecule is CC(=O)c1ccc(NC(=S)Nc2ccn(Cc3ccc(F)cc3)n2)cc1. The largest absolute Gasteiger partial charge is 0.332 e. The van der Waals surface area contributed by atoms with E-state index in [9.17, 15) is 9.18 Å². The van der Waals surface area contributed by atoms with Crippen molar-refractivity contribution >= 4 is 34.6 Å². The second kappa shape index (κ2) is 7.88. The average molecular weight is 368 g/mol. The van der Waals surface area contributed by atoms with Gasteiger partial charge in [-0.3, -0.25) is 9.48 Å². The molecule has 1 aromatic heterocycles. The molecule has 5 nitrogen and oxygen atoms in total. The van der Waals surface area contributed by atoms with E-state index in [0.717, 1.165) is 11.3 Å². The maximum Gasteiger partial charge on any atom is 0.176 e. The Hall–Kier alpha value is -3.06. The lowest BCUT2D eigenvalue weighted by Crippen LogP contribution is -2.19. The Morgan fingerprint density at radius 1 is 1.08 bits per heavy atom. The number of nitrogens with one attached hydrogen (secondary N) is 2. The molecule has 2 aromatic carbocycles. The zero-order chi connectivity index (χ0) is 18.5. The standard InChI is InChI=1S/C19H17FN4OS/c1-13(25)15-4-8-17(9-5-15)21-19(26)22-18-10-11-24(23-18)12-14-2-6-16(20)7-3-14/h2-11H,12H2,1H3,(H2,21,22,23,26). The molecule has 0 radical (unpaired) electrons. The van der Waals surface area contributed by atoms with Gasteiger partial charge in [-0.1, -0.05) is 12.1 Å². The number of hydrogen-bond acceptors (Lipinski definition) is 3. The third kappa shape index (κ3) is 4.73. The van der Waals surface area contributed by atoms with Gasteiger partial charge in [-0.25, -0.2) is 4.39 Å². The fraction of sp³-hybridized carbons (Fsp3) is 0.105. The van der Waals surface area contributed by atoms with Crippen LogP contribution in [0.2, 0.25) is 0 Å². The number of thiocarbonyl (C=S) groups is 1. The summed E-state index contributed by atoms with van der Waals surface area (Å²) < 4.78 is 14.7. The molecule has 2 N–H and O–H groups in total. The number of anilines is 2. The Kier molecular flexibility index (Phi) is 5.38. The number of Topliss-reactive ketones (excluding diaryl/α,β-unsaturated/α-hetero) is 1. The number of nitrogens with zero attached hydrogens (tertiary/aromatic N) is 2. The monoisotopic (exact) mass is 368 g/mol. The molecule has 7 heteroatoms. The minimum atomic E-state index is -0.260. The summed E-state index contributed by atoms with van der Waals surface area (Å²) in [6, 6.07) is 15.2. The van der Waals surface area contributed by atoms with E-state index >= 15 is 0 Å². The summed E-state index contributed by atoms with van der Waals surface area (Å²) in [6.45, 7) is 2.06. The third-order valence-corrected chi connectivity index (χ3v) is 3.89. The Morgan fingerprint density at radius 3 is 2.42 bits per heavy atom. The molecule has 0 amide bonds. The number of halogens is 1. The smallest absolute Gasteiger partial charge is 0.176 e. The van der Waals surface area contributed by atoms with Crippen LogP contribution in [0.25, 0.3) is 0 Å². The van der Waals surface area contributed by atoms with Crippen molar-refractivity contribution in [3.05, 3.63) is 77.7 Å². The van der Waals surface area contributed by atoms with Gasteiger partial charge in [0.2, 0.25) is 0 Å². The van der Waals surface area contributed by atoms with Gasteiger partial charge in [0.15, 0.2) is 16.7 Å². The predicted octanol–water partition coefficient (Wildman–Crippen LogP) is 4.08. The third-order valence-electron chi connectivity index (χ3n) is 3.69. The van der Waals surface area contributed by atoms with Crippen molar-refractivity contribution in [2.24, 2.45) is 0 Å². The Morgan fingerprint density at radius 2 is 1.77 bits per heavy atom. The van der Waals surface area contributed by atoms with Crippen molar-refractivity contribution in [2.75, 3.05) is 10.6 Å². The molecular weight excluding hydrogens is 351 g/mol. The summed E-state index contributed by atoms with van der Waals surface area (Å²) >= 11 is 5.28. The maximum atomic E-state index is 12.9. The molecule has 0 atom stereocenters. The van der Waals surface area contributed by atoms with Gasteiger partial charge < -0.3 is 10.6 Å². The quantitative estimate of drug-likeness (QED) is 0.525. The summed E-state index contributed by atoms with van der Waals surface area (Å²) in [5, 5.41) is 10.8. The normalized spacial score (nSPS) is 10.4. The molecule has 0 spiro atoms. The minimum Gasteiger partial charge on any atom is -0.332 e. The number of carbonyl (C=O) groups is 1. The van der Waals surface area contributed by atoms with E-state index < -0.39 is 0 Å². The summed E-state index contributed by atoms with van der Waals surface area (Å²) in [5.74, 6) is 0.359. The highest BCUT2D eigenvalue weighted by Crippen LogP contribution is 2.12. The highest BCUT2D eigenvalue weighted by molar-refractivity contribution is 7.80. The molecule has 0 fully saturated rings. The topological polar surface area (TPSA) is 59.0 Å². The van der Waals surface area contributed by atoms with Gasteiger partial charge in [-0.2, -0.15) is 5.10 Å². The van der Waals surface area contributed by atoms with E-state index in [1.165, 1.54) is 19.1 Å². The van der Waals surface area contributed by atoms with Gasteiger partial charge in [0, 0.05) is 23.5 Å². The van der Waals surface area contributed by atoms with Gasteiger partial charge in [0.25, 0.3) is 0 Å². The van der Waals surface area contributed by atoms with E-state index in [1.807, 2.05) is 6.20 Å². The van der Waals surface area contributed by atoms with Crippen LogP contribution in [0.5, 0.6) is 0 Å². The van der Waals surface area contributed by atoms with Crippen LogP contribution in [0.4, 0.5) is 15.9 Å². The van der Waals surface area contributed by atoms with Gasteiger partial charge in [0.1, 0.15) is 5.82 Å². The van der Waals surface area contributed by atoms with Gasteiger partial charge >= 0.3 is 0 Å². The van der Waals surface area contributed by atoms with Crippen LogP contribution >= 0.6 is 12.2 Å². The van der Waals surface area contributed by atoms with E-state index in [-0.39, 0.29) is 11.6 Å². The van der Waals surface area contributed by atoms with Crippen LogP contribution in [-0.2, 0) is 6.54 Å². The number of benzene rings is 2. The molecule has 26 heavy (non-hydrogen) atoms. The van der Waals surface area contributed by atoms with Crippen molar-refractivity contribution in [1.82, 2.24) is 9.78 Å². The zero-order valence-electron chi connectivity index (χ0n) is 14.1.